The molecule has 0 spiro atoms. The van der Waals surface area contributed by atoms with Crippen molar-refractivity contribution >= 4 is 11.4 Å². The quantitative estimate of drug-likeness (QED) is 0.456. The number of fused-ring (bicyclic) bond motifs is 1. The van der Waals surface area contributed by atoms with E-state index in [0.29, 0.717) is 19.6 Å². The zero-order chi connectivity index (χ0) is 25.4. The molecule has 1 aliphatic heterocycles. The van der Waals surface area contributed by atoms with Crippen LogP contribution in [0.25, 0.3) is 5.57 Å². The van der Waals surface area contributed by atoms with Gasteiger partial charge in [-0.25, -0.2) is 0 Å². The fourth-order valence-electron chi connectivity index (χ4n) is 5.87. The van der Waals surface area contributed by atoms with Gasteiger partial charge in [-0.15, -0.1) is 0 Å². The molecule has 3 nitrogen and oxygen atoms in total. The van der Waals surface area contributed by atoms with Gasteiger partial charge in [0, 0.05) is 23.1 Å². The summed E-state index contributed by atoms with van der Waals surface area (Å²) in [7, 11) is 0. The number of hydrogen-bond donors (Lipinski definition) is 0. The van der Waals surface area contributed by atoms with E-state index in [9.17, 15) is 4.79 Å². The standard InChI is InChI=1S/C30H36O3.C2H6/c1-20-18-25-26(29(4,5)15-14-28(25,2)3)19-24(20)30(32-16-17-33-30)22-12-10-21(11-13-22)23-8-6-7-9-27(23)31;1-2/h8,10-13,18-19H,6-7,9,14-17H2,1-5H3;1-2H3. The van der Waals surface area contributed by atoms with Crippen LogP contribution in [0.1, 0.15) is 107 Å². The Hall–Kier alpha value is -2.23. The molecule has 1 fully saturated rings. The monoisotopic (exact) mass is 474 g/mol. The van der Waals surface area contributed by atoms with Gasteiger partial charge in [-0.2, -0.15) is 0 Å². The Balaban J connectivity index is 0.00000141. The van der Waals surface area contributed by atoms with Crippen LogP contribution in [0.2, 0.25) is 0 Å². The maximum absolute atomic E-state index is 12.4. The Morgan fingerprint density at radius 2 is 1.37 bits per heavy atom. The van der Waals surface area contributed by atoms with Crippen molar-refractivity contribution in [2.24, 2.45) is 0 Å². The highest BCUT2D eigenvalue weighted by molar-refractivity contribution is 6.21. The lowest BCUT2D eigenvalue weighted by Crippen LogP contribution is -2.36. The summed E-state index contributed by atoms with van der Waals surface area (Å²) < 4.78 is 12.8. The van der Waals surface area contributed by atoms with Gasteiger partial charge >= 0.3 is 0 Å². The van der Waals surface area contributed by atoms with Crippen molar-refractivity contribution in [3.8, 4) is 0 Å². The first-order valence-corrected chi connectivity index (χ1v) is 13.4. The lowest BCUT2D eigenvalue weighted by molar-refractivity contribution is -0.130. The molecule has 0 aromatic heterocycles. The summed E-state index contributed by atoms with van der Waals surface area (Å²) in [6.45, 7) is 16.7. The van der Waals surface area contributed by atoms with Gasteiger partial charge in [-0.3, -0.25) is 4.79 Å². The van der Waals surface area contributed by atoms with Crippen LogP contribution in [-0.2, 0) is 30.9 Å². The second-order valence-electron chi connectivity index (χ2n) is 11.3. The maximum atomic E-state index is 12.4. The third-order valence-corrected chi connectivity index (χ3v) is 8.08. The SMILES string of the molecule is CC.Cc1cc2c(cc1C1(c3ccc(C4=CCCCC4=O)cc3)OCCO1)C(C)(C)CCC2(C)C. The average Bonchev–Trinajstić information content (AvgIpc) is 3.35. The molecule has 1 heterocycles. The molecule has 0 unspecified atom stereocenters. The molecule has 2 aromatic rings. The van der Waals surface area contributed by atoms with Gasteiger partial charge < -0.3 is 9.47 Å². The van der Waals surface area contributed by atoms with Crippen molar-refractivity contribution < 1.29 is 14.3 Å². The van der Waals surface area contributed by atoms with E-state index in [-0.39, 0.29) is 16.6 Å². The van der Waals surface area contributed by atoms with E-state index in [4.69, 9.17) is 9.47 Å². The predicted molar refractivity (Wildman–Crippen MR) is 144 cm³/mol. The fourth-order valence-corrected chi connectivity index (χ4v) is 5.87. The van der Waals surface area contributed by atoms with Crippen molar-refractivity contribution in [1.29, 1.82) is 0 Å². The number of hydrogen-bond acceptors (Lipinski definition) is 3. The summed E-state index contributed by atoms with van der Waals surface area (Å²) in [5.74, 6) is -0.659. The number of aryl methyl sites for hydroxylation is 1. The van der Waals surface area contributed by atoms with E-state index in [1.54, 1.807) is 0 Å². The number of carbonyl (C=O) groups is 1. The van der Waals surface area contributed by atoms with Crippen LogP contribution in [0.3, 0.4) is 0 Å². The van der Waals surface area contributed by atoms with Gasteiger partial charge in [-0.05, 0) is 71.8 Å². The van der Waals surface area contributed by atoms with E-state index in [1.807, 2.05) is 13.8 Å². The largest absolute Gasteiger partial charge is 0.340 e. The Morgan fingerprint density at radius 1 is 0.800 bits per heavy atom. The van der Waals surface area contributed by atoms with E-state index in [0.717, 1.165) is 35.1 Å². The first-order chi connectivity index (χ1) is 16.6. The number of allylic oxidation sites excluding steroid dienone is 2. The number of ether oxygens (including phenoxy) is 2. The van der Waals surface area contributed by atoms with Crippen LogP contribution in [0.15, 0.2) is 42.5 Å². The molecule has 2 aromatic carbocycles. The molecule has 0 bridgehead atoms. The number of benzene rings is 2. The molecule has 0 atom stereocenters. The van der Waals surface area contributed by atoms with Gasteiger partial charge in [0.25, 0.3) is 0 Å². The summed E-state index contributed by atoms with van der Waals surface area (Å²) in [5, 5.41) is 0. The summed E-state index contributed by atoms with van der Waals surface area (Å²) in [5.41, 5.74) is 8.28. The lowest BCUT2D eigenvalue weighted by atomic mass is 9.62. The van der Waals surface area contributed by atoms with Crippen LogP contribution in [0.4, 0.5) is 0 Å². The molecule has 188 valence electrons. The van der Waals surface area contributed by atoms with Gasteiger partial charge in [0.15, 0.2) is 5.78 Å². The maximum Gasteiger partial charge on any atom is 0.222 e. The van der Waals surface area contributed by atoms with Crippen molar-refractivity contribution in [3.63, 3.8) is 0 Å². The third kappa shape index (κ3) is 4.54. The van der Waals surface area contributed by atoms with E-state index >= 15 is 0 Å². The molecule has 1 saturated heterocycles. The second-order valence-corrected chi connectivity index (χ2v) is 11.3. The van der Waals surface area contributed by atoms with Crippen molar-refractivity contribution in [2.75, 3.05) is 13.2 Å². The molecule has 3 aliphatic rings. The van der Waals surface area contributed by atoms with Crippen LogP contribution < -0.4 is 0 Å². The minimum Gasteiger partial charge on any atom is -0.340 e. The highest BCUT2D eigenvalue weighted by Crippen LogP contribution is 2.49. The molecule has 35 heavy (non-hydrogen) atoms. The van der Waals surface area contributed by atoms with E-state index < -0.39 is 5.79 Å². The van der Waals surface area contributed by atoms with Gasteiger partial charge in [0.1, 0.15) is 0 Å². The lowest BCUT2D eigenvalue weighted by Gasteiger charge is -2.43. The molecular weight excluding hydrogens is 432 g/mol. The second kappa shape index (κ2) is 9.67. The van der Waals surface area contributed by atoms with Crippen molar-refractivity contribution in [1.82, 2.24) is 0 Å². The Morgan fingerprint density at radius 3 is 1.94 bits per heavy atom. The van der Waals surface area contributed by atoms with Gasteiger partial charge in [0.2, 0.25) is 5.79 Å². The zero-order valence-electron chi connectivity index (χ0n) is 22.7. The Labute approximate surface area is 211 Å². The topological polar surface area (TPSA) is 35.5 Å². The summed E-state index contributed by atoms with van der Waals surface area (Å²) in [4.78, 5) is 12.4. The van der Waals surface area contributed by atoms with Crippen LogP contribution in [0.5, 0.6) is 0 Å². The van der Waals surface area contributed by atoms with Crippen LogP contribution in [0, 0.1) is 6.92 Å². The molecule has 0 amide bonds. The molecule has 2 aliphatic carbocycles. The number of carbonyl (C=O) groups excluding carboxylic acids is 1. The Bertz CT molecular complexity index is 1110. The van der Waals surface area contributed by atoms with Crippen LogP contribution in [-0.4, -0.2) is 19.0 Å². The summed E-state index contributed by atoms with van der Waals surface area (Å²) in [6.07, 6.45) is 7.01. The fraction of sp³-hybridized carbons (Fsp3) is 0.531. The molecular formula is C32H42O3. The Kier molecular flexibility index (Phi) is 7.14. The van der Waals surface area contributed by atoms with Crippen molar-refractivity contribution in [3.05, 3.63) is 75.9 Å². The van der Waals surface area contributed by atoms with Gasteiger partial charge in [-0.1, -0.05) is 78.0 Å². The average molecular weight is 475 g/mol. The normalized spacial score (nSPS) is 22.0. The minimum absolute atomic E-state index is 0.116. The highest BCUT2D eigenvalue weighted by Gasteiger charge is 2.45. The molecule has 0 radical (unpaired) electrons. The first kappa shape index (κ1) is 25.9. The minimum atomic E-state index is -0.903. The molecule has 0 saturated carbocycles. The van der Waals surface area contributed by atoms with Crippen molar-refractivity contribution in [2.45, 2.75) is 97.2 Å². The summed E-state index contributed by atoms with van der Waals surface area (Å²) in [6, 6.07) is 13.0. The molecule has 0 N–H and O–H groups in total. The van der Waals surface area contributed by atoms with E-state index in [2.05, 4.69) is 77.1 Å². The number of rotatable bonds is 3. The molecule has 5 rings (SSSR count). The first-order valence-electron chi connectivity index (χ1n) is 13.4. The smallest absolute Gasteiger partial charge is 0.222 e. The zero-order valence-corrected chi connectivity index (χ0v) is 22.7. The third-order valence-electron chi connectivity index (χ3n) is 8.08. The number of Topliss-reactive ketones (excluding diaryl/α,β-unsaturated/α-hetero) is 1. The van der Waals surface area contributed by atoms with Crippen LogP contribution >= 0.6 is 0 Å². The summed E-state index contributed by atoms with van der Waals surface area (Å²) >= 11 is 0. The van der Waals surface area contributed by atoms with Gasteiger partial charge in [0.05, 0.1) is 13.2 Å². The van der Waals surface area contributed by atoms with E-state index in [1.165, 1.54) is 29.5 Å². The molecule has 3 heteroatoms. The number of ketones is 1. The highest BCUT2D eigenvalue weighted by atomic mass is 16.7. The predicted octanol–water partition coefficient (Wildman–Crippen LogP) is 7.75.